The van der Waals surface area contributed by atoms with Gasteiger partial charge in [0.15, 0.2) is 0 Å². The van der Waals surface area contributed by atoms with Gasteiger partial charge in [0.2, 0.25) is 5.91 Å². The Labute approximate surface area is 113 Å². The number of anilines is 1. The van der Waals surface area contributed by atoms with E-state index in [1.54, 1.807) is 10.9 Å². The Bertz CT molecular complexity index is 456. The van der Waals surface area contributed by atoms with Gasteiger partial charge in [-0.3, -0.25) is 9.48 Å². The molecule has 5 nitrogen and oxygen atoms in total. The molecule has 0 aromatic carbocycles. The number of hydrogen-bond donors (Lipinski definition) is 2. The van der Waals surface area contributed by atoms with Crippen LogP contribution in [0.3, 0.4) is 0 Å². The Morgan fingerprint density at radius 2 is 2.21 bits per heavy atom. The van der Waals surface area contributed by atoms with Crippen molar-refractivity contribution in [2.24, 2.45) is 13.0 Å². The minimum atomic E-state index is -0.0470. The third-order valence-electron chi connectivity index (χ3n) is 4.54. The van der Waals surface area contributed by atoms with Gasteiger partial charge in [-0.25, -0.2) is 0 Å². The number of carbonyl (C=O) groups is 1. The van der Waals surface area contributed by atoms with E-state index in [0.29, 0.717) is 6.04 Å². The number of nitrogens with one attached hydrogen (secondary N) is 2. The van der Waals surface area contributed by atoms with Crippen molar-refractivity contribution < 1.29 is 4.79 Å². The van der Waals surface area contributed by atoms with E-state index in [1.165, 1.54) is 32.1 Å². The number of piperidine rings is 1. The van der Waals surface area contributed by atoms with Gasteiger partial charge < -0.3 is 10.6 Å². The highest BCUT2D eigenvalue weighted by Gasteiger charge is 2.34. The molecule has 0 bridgehead atoms. The van der Waals surface area contributed by atoms with Gasteiger partial charge in [-0.2, -0.15) is 5.10 Å². The van der Waals surface area contributed by atoms with Crippen molar-refractivity contribution >= 4 is 11.7 Å². The van der Waals surface area contributed by atoms with Crippen molar-refractivity contribution in [3.8, 4) is 0 Å². The SMILES string of the molecule is Cn1nccc1NC(=O)C1CCC2CCCCC2N1. The van der Waals surface area contributed by atoms with Crippen LogP contribution in [0.1, 0.15) is 38.5 Å². The first kappa shape index (κ1) is 12.7. The molecule has 1 aliphatic heterocycles. The van der Waals surface area contributed by atoms with Gasteiger partial charge in [0.25, 0.3) is 0 Å². The molecule has 3 rings (SSSR count). The summed E-state index contributed by atoms with van der Waals surface area (Å²) >= 11 is 0. The van der Waals surface area contributed by atoms with Gasteiger partial charge in [-0.05, 0) is 31.6 Å². The zero-order valence-electron chi connectivity index (χ0n) is 11.4. The second kappa shape index (κ2) is 5.33. The third kappa shape index (κ3) is 2.66. The largest absolute Gasteiger partial charge is 0.310 e. The van der Waals surface area contributed by atoms with Crippen LogP contribution in [0, 0.1) is 5.92 Å². The summed E-state index contributed by atoms with van der Waals surface area (Å²) in [6, 6.07) is 2.32. The van der Waals surface area contributed by atoms with Crippen molar-refractivity contribution in [1.29, 1.82) is 0 Å². The molecule has 0 radical (unpaired) electrons. The summed E-state index contributed by atoms with van der Waals surface area (Å²) < 4.78 is 1.68. The summed E-state index contributed by atoms with van der Waals surface area (Å²) in [6.45, 7) is 0. The summed E-state index contributed by atoms with van der Waals surface area (Å²) in [4.78, 5) is 12.3. The zero-order valence-corrected chi connectivity index (χ0v) is 11.4. The average molecular weight is 262 g/mol. The first-order valence-corrected chi connectivity index (χ1v) is 7.29. The molecule has 2 N–H and O–H groups in total. The van der Waals surface area contributed by atoms with Gasteiger partial charge in [0, 0.05) is 19.2 Å². The number of aromatic nitrogens is 2. The van der Waals surface area contributed by atoms with Crippen LogP contribution in [0.4, 0.5) is 5.82 Å². The Hall–Kier alpha value is -1.36. The Kier molecular flexibility index (Phi) is 3.55. The lowest BCUT2D eigenvalue weighted by Crippen LogP contribution is -2.53. The Morgan fingerprint density at radius 3 is 3.00 bits per heavy atom. The van der Waals surface area contributed by atoms with Crippen molar-refractivity contribution in [1.82, 2.24) is 15.1 Å². The first-order valence-electron chi connectivity index (χ1n) is 7.29. The summed E-state index contributed by atoms with van der Waals surface area (Å²) in [7, 11) is 1.83. The fraction of sp³-hybridized carbons (Fsp3) is 0.714. The third-order valence-corrected chi connectivity index (χ3v) is 4.54. The lowest BCUT2D eigenvalue weighted by molar-refractivity contribution is -0.119. The van der Waals surface area contributed by atoms with E-state index in [9.17, 15) is 4.79 Å². The fourth-order valence-corrected chi connectivity index (χ4v) is 3.41. The lowest BCUT2D eigenvalue weighted by atomic mass is 9.77. The van der Waals surface area contributed by atoms with Gasteiger partial charge in [0.05, 0.1) is 12.2 Å². The van der Waals surface area contributed by atoms with E-state index in [4.69, 9.17) is 0 Å². The highest BCUT2D eigenvalue weighted by Crippen LogP contribution is 2.32. The molecular weight excluding hydrogens is 240 g/mol. The molecule has 1 amide bonds. The molecule has 3 atom stereocenters. The van der Waals surface area contributed by atoms with Crippen LogP contribution in [0.15, 0.2) is 12.3 Å². The minimum absolute atomic E-state index is 0.0470. The van der Waals surface area contributed by atoms with Crippen molar-refractivity contribution in [3.63, 3.8) is 0 Å². The van der Waals surface area contributed by atoms with Crippen LogP contribution in [0.5, 0.6) is 0 Å². The number of fused-ring (bicyclic) bond motifs is 1. The standard InChI is InChI=1S/C14H22N4O/c1-18-13(8-9-15-18)17-14(19)12-7-6-10-4-2-3-5-11(10)16-12/h8-12,16H,2-7H2,1H3,(H,17,19). The molecule has 1 aromatic heterocycles. The summed E-state index contributed by atoms with van der Waals surface area (Å²) in [6.07, 6.45) is 9.03. The smallest absolute Gasteiger partial charge is 0.242 e. The zero-order chi connectivity index (χ0) is 13.2. The topological polar surface area (TPSA) is 59.0 Å². The number of amides is 1. The maximum atomic E-state index is 12.3. The maximum Gasteiger partial charge on any atom is 0.242 e. The van der Waals surface area contributed by atoms with Gasteiger partial charge in [0.1, 0.15) is 5.82 Å². The quantitative estimate of drug-likeness (QED) is 0.852. The van der Waals surface area contributed by atoms with Crippen molar-refractivity contribution in [2.45, 2.75) is 50.6 Å². The lowest BCUT2D eigenvalue weighted by Gasteiger charge is -2.39. The summed E-state index contributed by atoms with van der Waals surface area (Å²) in [5.41, 5.74) is 0. The highest BCUT2D eigenvalue weighted by molar-refractivity contribution is 5.94. The van der Waals surface area contributed by atoms with E-state index in [-0.39, 0.29) is 11.9 Å². The fourth-order valence-electron chi connectivity index (χ4n) is 3.41. The summed E-state index contributed by atoms with van der Waals surface area (Å²) in [5.74, 6) is 1.62. The molecule has 2 fully saturated rings. The molecule has 5 heteroatoms. The van der Waals surface area contributed by atoms with Gasteiger partial charge in [-0.15, -0.1) is 0 Å². The average Bonchev–Trinajstić information content (AvgIpc) is 2.84. The van der Waals surface area contributed by atoms with E-state index in [0.717, 1.165) is 18.2 Å². The molecule has 19 heavy (non-hydrogen) atoms. The Balaban J connectivity index is 1.60. The molecule has 1 aromatic rings. The number of hydrogen-bond acceptors (Lipinski definition) is 3. The molecule has 104 valence electrons. The summed E-state index contributed by atoms with van der Waals surface area (Å²) in [5, 5.41) is 10.6. The van der Waals surface area contributed by atoms with E-state index in [1.807, 2.05) is 13.1 Å². The molecule has 1 aliphatic carbocycles. The first-order chi connectivity index (χ1) is 9.24. The van der Waals surface area contributed by atoms with Crippen LogP contribution in [0.2, 0.25) is 0 Å². The molecule has 0 spiro atoms. The monoisotopic (exact) mass is 262 g/mol. The number of carbonyl (C=O) groups excluding carboxylic acids is 1. The number of aryl methyl sites for hydroxylation is 1. The number of nitrogens with zero attached hydrogens (tertiary/aromatic N) is 2. The van der Waals surface area contributed by atoms with E-state index >= 15 is 0 Å². The van der Waals surface area contributed by atoms with Gasteiger partial charge >= 0.3 is 0 Å². The molecule has 3 unspecified atom stereocenters. The number of rotatable bonds is 2. The van der Waals surface area contributed by atoms with E-state index in [2.05, 4.69) is 15.7 Å². The molecule has 2 heterocycles. The van der Waals surface area contributed by atoms with Crippen LogP contribution >= 0.6 is 0 Å². The van der Waals surface area contributed by atoms with Gasteiger partial charge in [-0.1, -0.05) is 12.8 Å². The van der Waals surface area contributed by atoms with Crippen LogP contribution in [0.25, 0.3) is 0 Å². The minimum Gasteiger partial charge on any atom is -0.310 e. The predicted molar refractivity (Wildman–Crippen MR) is 73.7 cm³/mol. The second-order valence-electron chi connectivity index (χ2n) is 5.78. The van der Waals surface area contributed by atoms with E-state index < -0.39 is 0 Å². The van der Waals surface area contributed by atoms with Crippen molar-refractivity contribution in [3.05, 3.63) is 12.3 Å². The molecule has 1 saturated heterocycles. The van der Waals surface area contributed by atoms with Crippen LogP contribution in [-0.2, 0) is 11.8 Å². The molecular formula is C14H22N4O. The van der Waals surface area contributed by atoms with Crippen molar-refractivity contribution in [2.75, 3.05) is 5.32 Å². The van der Waals surface area contributed by atoms with Crippen LogP contribution in [-0.4, -0.2) is 27.8 Å². The Morgan fingerprint density at radius 1 is 1.37 bits per heavy atom. The molecule has 2 aliphatic rings. The highest BCUT2D eigenvalue weighted by atomic mass is 16.2. The predicted octanol–water partition coefficient (Wildman–Crippen LogP) is 1.67. The maximum absolute atomic E-state index is 12.3. The normalized spacial score (nSPS) is 30.7. The van der Waals surface area contributed by atoms with Crippen LogP contribution < -0.4 is 10.6 Å². The second-order valence-corrected chi connectivity index (χ2v) is 5.78. The molecule has 1 saturated carbocycles.